The Hall–Kier alpha value is -4.28. The van der Waals surface area contributed by atoms with Crippen molar-refractivity contribution < 1.29 is 9.85 Å². The highest BCUT2D eigenvalue weighted by Gasteiger charge is 2.26. The SMILES string of the molecule is CN(c1ccccc1)c1ncnc(NNc2ccc([N+](=O)[O-])cc2)c1[N+](=O)[O-]. The fourth-order valence-electron chi connectivity index (χ4n) is 2.45. The van der Waals surface area contributed by atoms with Gasteiger partial charge in [0.1, 0.15) is 6.33 Å². The number of anilines is 4. The van der Waals surface area contributed by atoms with Gasteiger partial charge in [-0.15, -0.1) is 0 Å². The number of aromatic nitrogens is 2. The topological polar surface area (TPSA) is 139 Å². The van der Waals surface area contributed by atoms with Crippen molar-refractivity contribution >= 4 is 34.4 Å². The molecule has 0 amide bonds. The minimum Gasteiger partial charge on any atom is -0.324 e. The minimum absolute atomic E-state index is 0.0452. The van der Waals surface area contributed by atoms with Gasteiger partial charge in [-0.05, 0) is 24.3 Å². The molecule has 0 aliphatic heterocycles. The van der Waals surface area contributed by atoms with Crippen LogP contribution in [0.1, 0.15) is 0 Å². The molecule has 0 saturated heterocycles. The van der Waals surface area contributed by atoms with Crippen LogP contribution in [0.3, 0.4) is 0 Å². The van der Waals surface area contributed by atoms with Gasteiger partial charge in [-0.25, -0.2) is 9.97 Å². The van der Waals surface area contributed by atoms with Crippen molar-refractivity contribution in [3.8, 4) is 0 Å². The molecule has 2 aromatic carbocycles. The largest absolute Gasteiger partial charge is 0.355 e. The normalized spacial score (nSPS) is 10.2. The molecule has 2 N–H and O–H groups in total. The Labute approximate surface area is 158 Å². The van der Waals surface area contributed by atoms with E-state index in [2.05, 4.69) is 20.8 Å². The van der Waals surface area contributed by atoms with Crippen molar-refractivity contribution in [2.45, 2.75) is 0 Å². The van der Waals surface area contributed by atoms with E-state index in [1.165, 1.54) is 30.6 Å². The third-order valence-electron chi connectivity index (χ3n) is 3.85. The third-order valence-corrected chi connectivity index (χ3v) is 3.85. The minimum atomic E-state index is -0.575. The van der Waals surface area contributed by atoms with Crippen LogP contribution in [-0.2, 0) is 0 Å². The summed E-state index contributed by atoms with van der Waals surface area (Å²) in [4.78, 5) is 30.8. The van der Waals surface area contributed by atoms with E-state index in [9.17, 15) is 20.2 Å². The second-order valence-corrected chi connectivity index (χ2v) is 5.60. The van der Waals surface area contributed by atoms with Crippen LogP contribution in [0.2, 0.25) is 0 Å². The zero-order valence-electron chi connectivity index (χ0n) is 14.6. The first-order chi connectivity index (χ1) is 13.5. The van der Waals surface area contributed by atoms with Gasteiger partial charge in [-0.1, -0.05) is 18.2 Å². The monoisotopic (exact) mass is 381 g/mol. The molecule has 0 aliphatic carbocycles. The first-order valence-corrected chi connectivity index (χ1v) is 8.02. The van der Waals surface area contributed by atoms with Crippen molar-refractivity contribution in [3.63, 3.8) is 0 Å². The summed E-state index contributed by atoms with van der Waals surface area (Å²) < 4.78 is 0. The van der Waals surface area contributed by atoms with Crippen molar-refractivity contribution in [1.82, 2.24) is 9.97 Å². The van der Waals surface area contributed by atoms with Gasteiger partial charge in [0.15, 0.2) is 0 Å². The molecule has 11 heteroatoms. The molecule has 142 valence electrons. The number of hydrogen-bond acceptors (Lipinski definition) is 9. The zero-order valence-corrected chi connectivity index (χ0v) is 14.6. The van der Waals surface area contributed by atoms with E-state index in [0.29, 0.717) is 5.69 Å². The molecule has 3 rings (SSSR count). The van der Waals surface area contributed by atoms with Gasteiger partial charge < -0.3 is 4.90 Å². The van der Waals surface area contributed by atoms with Gasteiger partial charge in [-0.2, -0.15) is 0 Å². The summed E-state index contributed by atoms with van der Waals surface area (Å²) in [5.41, 5.74) is 6.22. The molecule has 0 radical (unpaired) electrons. The molecule has 11 nitrogen and oxygen atoms in total. The maximum Gasteiger partial charge on any atom is 0.355 e. The smallest absolute Gasteiger partial charge is 0.324 e. The second kappa shape index (κ2) is 7.95. The number of nitro groups is 2. The standard InChI is InChI=1S/C17H15N7O4/c1-22(13-5-3-2-4-6-13)17-15(24(27)28)16(18-11-19-17)21-20-12-7-9-14(10-8-12)23(25)26/h2-11,20H,1H3,(H,18,19,21). The molecule has 0 saturated carbocycles. The van der Waals surface area contributed by atoms with E-state index < -0.39 is 9.85 Å². The Kier molecular flexibility index (Phi) is 5.25. The van der Waals surface area contributed by atoms with Crippen LogP contribution in [0.15, 0.2) is 60.9 Å². The fraction of sp³-hybridized carbons (Fsp3) is 0.0588. The number of nitrogens with one attached hydrogen (secondary N) is 2. The van der Waals surface area contributed by atoms with Crippen molar-refractivity contribution in [2.75, 3.05) is 22.8 Å². The van der Waals surface area contributed by atoms with Crippen LogP contribution in [0.5, 0.6) is 0 Å². The zero-order chi connectivity index (χ0) is 20.1. The van der Waals surface area contributed by atoms with Crippen LogP contribution in [0, 0.1) is 20.2 Å². The summed E-state index contributed by atoms with van der Waals surface area (Å²) in [6.07, 6.45) is 1.21. The van der Waals surface area contributed by atoms with E-state index in [1.54, 1.807) is 24.1 Å². The second-order valence-electron chi connectivity index (χ2n) is 5.60. The third kappa shape index (κ3) is 3.93. The number of non-ortho nitro benzene ring substituents is 1. The molecule has 1 aromatic heterocycles. The molecule has 3 aromatic rings. The van der Waals surface area contributed by atoms with Crippen LogP contribution < -0.4 is 15.8 Å². The molecular formula is C17H15N7O4. The molecular weight excluding hydrogens is 366 g/mol. The summed E-state index contributed by atoms with van der Waals surface area (Å²) in [7, 11) is 1.66. The lowest BCUT2D eigenvalue weighted by molar-refractivity contribution is -0.384. The molecule has 0 bridgehead atoms. The molecule has 0 aliphatic rings. The van der Waals surface area contributed by atoms with Gasteiger partial charge in [-0.3, -0.25) is 31.1 Å². The van der Waals surface area contributed by atoms with Crippen LogP contribution in [0.25, 0.3) is 0 Å². The number of rotatable bonds is 7. The van der Waals surface area contributed by atoms with Gasteiger partial charge >= 0.3 is 5.69 Å². The summed E-state index contributed by atoms with van der Waals surface area (Å²) in [6.45, 7) is 0. The van der Waals surface area contributed by atoms with Gasteiger partial charge in [0.05, 0.1) is 15.5 Å². The summed E-state index contributed by atoms with van der Waals surface area (Å²) in [6, 6.07) is 14.6. The van der Waals surface area contributed by atoms with Crippen LogP contribution >= 0.6 is 0 Å². The first kappa shape index (κ1) is 18.5. The maximum absolute atomic E-state index is 11.7. The van der Waals surface area contributed by atoms with Gasteiger partial charge in [0.2, 0.25) is 11.6 Å². The Balaban J connectivity index is 1.87. The summed E-state index contributed by atoms with van der Waals surface area (Å²) in [5, 5.41) is 22.4. The Morgan fingerprint density at radius 1 is 0.893 bits per heavy atom. The lowest BCUT2D eigenvalue weighted by Gasteiger charge is -2.19. The number of benzene rings is 2. The van der Waals surface area contributed by atoms with Crippen molar-refractivity contribution in [3.05, 3.63) is 81.2 Å². The molecule has 0 unspecified atom stereocenters. The number of nitro benzene ring substituents is 1. The van der Waals surface area contributed by atoms with Crippen LogP contribution in [0.4, 0.5) is 34.4 Å². The maximum atomic E-state index is 11.7. The number of nitrogens with zero attached hydrogens (tertiary/aromatic N) is 5. The number of hydrazine groups is 1. The van der Waals surface area contributed by atoms with Crippen molar-refractivity contribution in [1.29, 1.82) is 0 Å². The van der Waals surface area contributed by atoms with Crippen molar-refractivity contribution in [2.24, 2.45) is 0 Å². The van der Waals surface area contributed by atoms with Gasteiger partial charge in [0.25, 0.3) is 5.69 Å². The van der Waals surface area contributed by atoms with E-state index >= 15 is 0 Å². The lowest BCUT2D eigenvalue weighted by Crippen LogP contribution is -2.17. The molecule has 1 heterocycles. The van der Waals surface area contributed by atoms with E-state index in [4.69, 9.17) is 0 Å². The predicted octanol–water partition coefficient (Wildman–Crippen LogP) is 3.50. The fourth-order valence-corrected chi connectivity index (χ4v) is 2.45. The average Bonchev–Trinajstić information content (AvgIpc) is 2.72. The van der Waals surface area contributed by atoms with Gasteiger partial charge in [0, 0.05) is 24.9 Å². The Morgan fingerprint density at radius 3 is 2.18 bits per heavy atom. The summed E-state index contributed by atoms with van der Waals surface area (Å²) in [5.74, 6) is 0.0651. The Morgan fingerprint density at radius 2 is 1.57 bits per heavy atom. The highest BCUT2D eigenvalue weighted by Crippen LogP contribution is 2.34. The van der Waals surface area contributed by atoms with Crippen LogP contribution in [-0.4, -0.2) is 26.9 Å². The van der Waals surface area contributed by atoms with E-state index in [-0.39, 0.29) is 23.0 Å². The lowest BCUT2D eigenvalue weighted by atomic mass is 10.3. The van der Waals surface area contributed by atoms with E-state index in [1.807, 2.05) is 18.2 Å². The Bertz CT molecular complexity index is 996. The quantitative estimate of drug-likeness (QED) is 0.465. The first-order valence-electron chi connectivity index (χ1n) is 8.02. The molecule has 28 heavy (non-hydrogen) atoms. The number of para-hydroxylation sites is 1. The summed E-state index contributed by atoms with van der Waals surface area (Å²) >= 11 is 0. The highest BCUT2D eigenvalue weighted by molar-refractivity contribution is 5.75. The van der Waals surface area contributed by atoms with E-state index in [0.717, 1.165) is 5.69 Å². The highest BCUT2D eigenvalue weighted by atomic mass is 16.6. The predicted molar refractivity (Wildman–Crippen MR) is 104 cm³/mol. The number of hydrogen-bond donors (Lipinski definition) is 2. The average molecular weight is 381 g/mol. The molecule has 0 spiro atoms. The molecule has 0 atom stereocenters. The molecule has 0 fully saturated rings.